The molecule has 2 aromatic rings. The van der Waals surface area contributed by atoms with E-state index in [9.17, 15) is 4.79 Å². The van der Waals surface area contributed by atoms with Crippen molar-refractivity contribution in [2.75, 3.05) is 7.05 Å². The molecule has 1 aliphatic heterocycles. The Morgan fingerprint density at radius 2 is 2.17 bits per heavy atom. The summed E-state index contributed by atoms with van der Waals surface area (Å²) in [5.74, 6) is 5.92. The van der Waals surface area contributed by atoms with Crippen molar-refractivity contribution in [3.63, 3.8) is 0 Å². The van der Waals surface area contributed by atoms with Crippen LogP contribution in [0.3, 0.4) is 0 Å². The van der Waals surface area contributed by atoms with Crippen LogP contribution >= 0.6 is 0 Å². The van der Waals surface area contributed by atoms with Gasteiger partial charge in [0.15, 0.2) is 5.96 Å². The maximum absolute atomic E-state index is 12.1. The zero-order valence-corrected chi connectivity index (χ0v) is 13.4. The van der Waals surface area contributed by atoms with Crippen molar-refractivity contribution < 1.29 is 4.79 Å². The summed E-state index contributed by atoms with van der Waals surface area (Å²) in [7, 11) is 1.61. The Morgan fingerprint density at radius 1 is 1.39 bits per heavy atom. The van der Waals surface area contributed by atoms with Crippen LogP contribution in [0.4, 0.5) is 0 Å². The molecule has 2 heterocycles. The lowest BCUT2D eigenvalue weighted by atomic mass is 9.86. The molecular formula is C18H18N4O. The van der Waals surface area contributed by atoms with Gasteiger partial charge in [-0.3, -0.25) is 20.1 Å². The van der Waals surface area contributed by atoms with Crippen LogP contribution in [0.5, 0.6) is 0 Å². The molecule has 1 fully saturated rings. The second-order valence-electron chi connectivity index (χ2n) is 5.94. The predicted octanol–water partition coefficient (Wildman–Crippen LogP) is 2.21. The van der Waals surface area contributed by atoms with Crippen LogP contribution in [-0.2, 0) is 10.3 Å². The summed E-state index contributed by atoms with van der Waals surface area (Å²) in [6.45, 7) is 3.73. The van der Waals surface area contributed by atoms with Crippen molar-refractivity contribution >= 4 is 22.8 Å². The first-order chi connectivity index (χ1) is 10.9. The highest BCUT2D eigenvalue weighted by molar-refractivity contribution is 5.99. The number of amides is 1. The van der Waals surface area contributed by atoms with Crippen molar-refractivity contribution in [2.24, 2.45) is 0 Å². The van der Waals surface area contributed by atoms with Crippen LogP contribution in [0.25, 0.3) is 10.9 Å². The lowest BCUT2D eigenvalue weighted by Crippen LogP contribution is -2.58. The number of hydrogen-bond donors (Lipinski definition) is 2. The Labute approximate surface area is 135 Å². The molecule has 0 aliphatic carbocycles. The number of carbonyl (C=O) groups excluding carboxylic acids is 1. The number of nitrogens with zero attached hydrogens (tertiary/aromatic N) is 2. The third-order valence-electron chi connectivity index (χ3n) is 4.20. The van der Waals surface area contributed by atoms with Gasteiger partial charge in [0.05, 0.1) is 17.5 Å². The van der Waals surface area contributed by atoms with E-state index >= 15 is 0 Å². The van der Waals surface area contributed by atoms with Crippen LogP contribution in [0.2, 0.25) is 0 Å². The number of aromatic nitrogens is 1. The molecule has 1 aromatic carbocycles. The summed E-state index contributed by atoms with van der Waals surface area (Å²) in [4.78, 5) is 17.9. The average molecular weight is 306 g/mol. The predicted molar refractivity (Wildman–Crippen MR) is 89.9 cm³/mol. The van der Waals surface area contributed by atoms with Crippen LogP contribution in [0.1, 0.15) is 31.4 Å². The van der Waals surface area contributed by atoms with E-state index in [1.165, 1.54) is 4.90 Å². The zero-order chi connectivity index (χ0) is 16.6. The van der Waals surface area contributed by atoms with E-state index in [4.69, 9.17) is 5.41 Å². The summed E-state index contributed by atoms with van der Waals surface area (Å²) in [6, 6.07) is 7.91. The molecule has 5 heteroatoms. The molecule has 116 valence electrons. The Balaban J connectivity index is 2.06. The number of guanidine groups is 1. The van der Waals surface area contributed by atoms with Gasteiger partial charge < -0.3 is 5.32 Å². The molecule has 1 atom stereocenters. The van der Waals surface area contributed by atoms with E-state index in [0.717, 1.165) is 22.0 Å². The minimum Gasteiger partial charge on any atom is -0.346 e. The molecule has 0 saturated carbocycles. The number of hydrogen-bond acceptors (Lipinski definition) is 3. The number of carbonyl (C=O) groups is 1. The Kier molecular flexibility index (Phi) is 3.53. The molecule has 3 rings (SSSR count). The van der Waals surface area contributed by atoms with E-state index in [0.29, 0.717) is 6.42 Å². The van der Waals surface area contributed by atoms with Crippen LogP contribution in [0.15, 0.2) is 30.5 Å². The molecule has 1 saturated heterocycles. The summed E-state index contributed by atoms with van der Waals surface area (Å²) in [5, 5.41) is 12.1. The van der Waals surface area contributed by atoms with Gasteiger partial charge in [-0.15, -0.1) is 5.92 Å². The summed E-state index contributed by atoms with van der Waals surface area (Å²) >= 11 is 0. The Morgan fingerprint density at radius 3 is 2.87 bits per heavy atom. The Bertz CT molecular complexity index is 857. The quantitative estimate of drug-likeness (QED) is 0.794. The fraction of sp³-hybridized carbons (Fsp3) is 0.278. The number of nitrogens with one attached hydrogen (secondary N) is 2. The van der Waals surface area contributed by atoms with Crippen molar-refractivity contribution in [3.05, 3.63) is 41.6 Å². The van der Waals surface area contributed by atoms with Crippen molar-refractivity contribution in [3.8, 4) is 11.8 Å². The maximum atomic E-state index is 12.1. The summed E-state index contributed by atoms with van der Waals surface area (Å²) < 4.78 is 0. The number of fused-ring (bicyclic) bond motifs is 1. The zero-order valence-electron chi connectivity index (χ0n) is 13.4. The molecule has 0 unspecified atom stereocenters. The highest BCUT2D eigenvalue weighted by Gasteiger charge is 2.37. The first-order valence-corrected chi connectivity index (χ1v) is 7.39. The first-order valence-electron chi connectivity index (χ1n) is 7.39. The van der Waals surface area contributed by atoms with Crippen molar-refractivity contribution in [1.29, 1.82) is 5.41 Å². The minimum absolute atomic E-state index is 0.0694. The molecular weight excluding hydrogens is 288 g/mol. The molecule has 1 aliphatic rings. The highest BCUT2D eigenvalue weighted by Crippen LogP contribution is 2.30. The van der Waals surface area contributed by atoms with Gasteiger partial charge in [-0.1, -0.05) is 12.0 Å². The average Bonchev–Trinajstić information content (AvgIpc) is 2.52. The molecule has 0 radical (unpaired) electrons. The fourth-order valence-electron chi connectivity index (χ4n) is 2.80. The highest BCUT2D eigenvalue weighted by atomic mass is 16.2. The van der Waals surface area contributed by atoms with E-state index in [2.05, 4.69) is 22.1 Å². The number of rotatable bonds is 1. The molecule has 23 heavy (non-hydrogen) atoms. The second kappa shape index (κ2) is 5.40. The van der Waals surface area contributed by atoms with Gasteiger partial charge in [0.2, 0.25) is 5.91 Å². The molecule has 1 amide bonds. The molecule has 5 nitrogen and oxygen atoms in total. The van der Waals surface area contributed by atoms with Gasteiger partial charge in [0.1, 0.15) is 0 Å². The summed E-state index contributed by atoms with van der Waals surface area (Å²) in [5.41, 5.74) is 2.11. The maximum Gasteiger partial charge on any atom is 0.231 e. The lowest BCUT2D eigenvalue weighted by molar-refractivity contribution is -0.129. The van der Waals surface area contributed by atoms with Gasteiger partial charge in [0, 0.05) is 24.2 Å². The van der Waals surface area contributed by atoms with Gasteiger partial charge in [-0.05, 0) is 37.6 Å². The van der Waals surface area contributed by atoms with E-state index in [-0.39, 0.29) is 11.9 Å². The normalized spacial score (nSPS) is 20.9. The Hall–Kier alpha value is -2.87. The van der Waals surface area contributed by atoms with Crippen molar-refractivity contribution in [2.45, 2.75) is 25.8 Å². The number of benzene rings is 1. The number of pyridine rings is 1. The summed E-state index contributed by atoms with van der Waals surface area (Å²) in [6.07, 6.45) is 2.06. The third-order valence-corrected chi connectivity index (χ3v) is 4.20. The first kappa shape index (κ1) is 15.0. The smallest absolute Gasteiger partial charge is 0.231 e. The van der Waals surface area contributed by atoms with Gasteiger partial charge in [0.25, 0.3) is 0 Å². The van der Waals surface area contributed by atoms with Gasteiger partial charge in [-0.2, -0.15) is 0 Å². The van der Waals surface area contributed by atoms with Gasteiger partial charge in [-0.25, -0.2) is 0 Å². The third kappa shape index (κ3) is 2.64. The topological polar surface area (TPSA) is 69.1 Å². The lowest BCUT2D eigenvalue weighted by Gasteiger charge is -2.39. The standard InChI is InChI=1S/C18H18N4O/c1-4-5-12-8-13-9-14(6-7-15(13)20-11-12)18(2)10-16(23)22(3)17(19)21-18/h6-9,11H,10H2,1-3H3,(H2,19,21)/t18-/m0/s1. The van der Waals surface area contributed by atoms with E-state index in [1.54, 1.807) is 20.2 Å². The largest absolute Gasteiger partial charge is 0.346 e. The molecule has 0 spiro atoms. The molecule has 1 aromatic heterocycles. The van der Waals surface area contributed by atoms with Crippen LogP contribution < -0.4 is 5.32 Å². The van der Waals surface area contributed by atoms with Gasteiger partial charge >= 0.3 is 0 Å². The fourth-order valence-corrected chi connectivity index (χ4v) is 2.80. The van der Waals surface area contributed by atoms with E-state index < -0.39 is 5.54 Å². The monoisotopic (exact) mass is 306 g/mol. The van der Waals surface area contributed by atoms with Crippen LogP contribution in [0, 0.1) is 17.3 Å². The molecule has 0 bridgehead atoms. The SMILES string of the molecule is CC#Cc1cnc2ccc([C@]3(C)CC(=O)N(C)C(=N)N3)cc2c1. The minimum atomic E-state index is -0.596. The molecule has 2 N–H and O–H groups in total. The van der Waals surface area contributed by atoms with E-state index in [1.807, 2.05) is 31.2 Å². The van der Waals surface area contributed by atoms with Crippen LogP contribution in [-0.4, -0.2) is 28.8 Å². The van der Waals surface area contributed by atoms with Crippen molar-refractivity contribution in [1.82, 2.24) is 15.2 Å². The second-order valence-corrected chi connectivity index (χ2v) is 5.94.